The number of rotatable bonds is 4. The average Bonchev–Trinajstić information content (AvgIpc) is 2.21. The molecular formula is C13H16O4. The van der Waals surface area contributed by atoms with Crippen LogP contribution in [-0.4, -0.2) is 22.2 Å². The lowest BCUT2D eigenvalue weighted by Gasteiger charge is -2.12. The third-order valence-electron chi connectivity index (χ3n) is 2.86. The topological polar surface area (TPSA) is 74.6 Å². The molecule has 1 atom stereocenters. The quantitative estimate of drug-likeness (QED) is 0.840. The van der Waals surface area contributed by atoms with E-state index >= 15 is 0 Å². The Labute approximate surface area is 99.9 Å². The normalized spacial score (nSPS) is 12.2. The summed E-state index contributed by atoms with van der Waals surface area (Å²) in [6, 6.07) is 3.36. The molecule has 0 amide bonds. The lowest BCUT2D eigenvalue weighted by molar-refractivity contribution is -0.141. The van der Waals surface area contributed by atoms with Crippen LogP contribution in [0.15, 0.2) is 12.1 Å². The SMILES string of the molecule is Cc1cc(C)c(C(=O)O)cc1CC(C)C(=O)O. The Morgan fingerprint density at radius 1 is 1.18 bits per heavy atom. The van der Waals surface area contributed by atoms with Crippen LogP contribution in [0.25, 0.3) is 0 Å². The number of aliphatic carboxylic acids is 1. The number of carbonyl (C=O) groups is 2. The zero-order valence-corrected chi connectivity index (χ0v) is 10.2. The molecule has 0 spiro atoms. The van der Waals surface area contributed by atoms with E-state index in [2.05, 4.69) is 0 Å². The fraction of sp³-hybridized carbons (Fsp3) is 0.385. The summed E-state index contributed by atoms with van der Waals surface area (Å²) in [5.41, 5.74) is 2.65. The van der Waals surface area contributed by atoms with E-state index in [1.54, 1.807) is 26.0 Å². The molecule has 2 N–H and O–H groups in total. The first-order valence-corrected chi connectivity index (χ1v) is 5.39. The Balaban J connectivity index is 3.12. The van der Waals surface area contributed by atoms with Crippen LogP contribution >= 0.6 is 0 Å². The number of carboxylic acid groups (broad SMARTS) is 2. The largest absolute Gasteiger partial charge is 0.481 e. The highest BCUT2D eigenvalue weighted by Gasteiger charge is 2.16. The van der Waals surface area contributed by atoms with Crippen molar-refractivity contribution in [2.45, 2.75) is 27.2 Å². The maximum atomic E-state index is 11.0. The molecule has 92 valence electrons. The summed E-state index contributed by atoms with van der Waals surface area (Å²) in [7, 11) is 0. The second-order valence-electron chi connectivity index (χ2n) is 4.34. The predicted octanol–water partition coefficient (Wildman–Crippen LogP) is 2.26. The summed E-state index contributed by atoms with van der Waals surface area (Å²) in [6.45, 7) is 5.21. The summed E-state index contributed by atoms with van der Waals surface area (Å²) in [5, 5.41) is 17.9. The van der Waals surface area contributed by atoms with Crippen LogP contribution in [0.4, 0.5) is 0 Å². The minimum Gasteiger partial charge on any atom is -0.481 e. The zero-order chi connectivity index (χ0) is 13.2. The highest BCUT2D eigenvalue weighted by molar-refractivity contribution is 5.89. The van der Waals surface area contributed by atoms with E-state index in [9.17, 15) is 9.59 Å². The van der Waals surface area contributed by atoms with Gasteiger partial charge >= 0.3 is 11.9 Å². The molecule has 1 aromatic carbocycles. The van der Waals surface area contributed by atoms with Crippen molar-refractivity contribution < 1.29 is 19.8 Å². The third-order valence-corrected chi connectivity index (χ3v) is 2.86. The fourth-order valence-corrected chi connectivity index (χ4v) is 1.76. The molecule has 0 radical (unpaired) electrons. The van der Waals surface area contributed by atoms with Crippen LogP contribution in [0.2, 0.25) is 0 Å². The predicted molar refractivity (Wildman–Crippen MR) is 63.4 cm³/mol. The molecule has 1 aromatic rings. The Kier molecular flexibility index (Phi) is 3.89. The van der Waals surface area contributed by atoms with Crippen LogP contribution in [0.5, 0.6) is 0 Å². The number of carboxylic acids is 2. The monoisotopic (exact) mass is 236 g/mol. The van der Waals surface area contributed by atoms with Crippen molar-refractivity contribution in [1.29, 1.82) is 0 Å². The van der Waals surface area contributed by atoms with Gasteiger partial charge < -0.3 is 10.2 Å². The summed E-state index contributed by atoms with van der Waals surface area (Å²) < 4.78 is 0. The van der Waals surface area contributed by atoms with E-state index in [0.29, 0.717) is 12.0 Å². The Morgan fingerprint density at radius 3 is 2.24 bits per heavy atom. The van der Waals surface area contributed by atoms with Crippen LogP contribution in [-0.2, 0) is 11.2 Å². The first-order chi connectivity index (χ1) is 7.82. The molecule has 0 aromatic heterocycles. The van der Waals surface area contributed by atoms with Crippen LogP contribution in [0, 0.1) is 19.8 Å². The maximum Gasteiger partial charge on any atom is 0.335 e. The molecule has 1 rings (SSSR count). The molecule has 0 saturated carbocycles. The number of hydrogen-bond donors (Lipinski definition) is 2. The van der Waals surface area contributed by atoms with Crippen molar-refractivity contribution in [3.8, 4) is 0 Å². The molecule has 0 aliphatic rings. The van der Waals surface area contributed by atoms with E-state index in [0.717, 1.165) is 11.1 Å². The van der Waals surface area contributed by atoms with Gasteiger partial charge in [-0.15, -0.1) is 0 Å². The standard InChI is InChI=1S/C13H16O4/c1-7-4-8(2)11(13(16)17)6-10(7)5-9(3)12(14)15/h4,6,9H,5H2,1-3H3,(H,14,15)(H,16,17). The number of aryl methyl sites for hydroxylation is 2. The second-order valence-corrected chi connectivity index (χ2v) is 4.34. The van der Waals surface area contributed by atoms with E-state index in [1.807, 2.05) is 6.92 Å². The summed E-state index contributed by atoms with van der Waals surface area (Å²) in [5.74, 6) is -2.37. The van der Waals surface area contributed by atoms with Crippen molar-refractivity contribution in [1.82, 2.24) is 0 Å². The molecule has 0 bridgehead atoms. The van der Waals surface area contributed by atoms with Gasteiger partial charge in [-0.3, -0.25) is 4.79 Å². The number of hydrogen-bond acceptors (Lipinski definition) is 2. The minimum absolute atomic E-state index is 0.239. The molecule has 17 heavy (non-hydrogen) atoms. The van der Waals surface area contributed by atoms with Crippen LogP contribution < -0.4 is 0 Å². The van der Waals surface area contributed by atoms with Gasteiger partial charge in [-0.25, -0.2) is 4.79 Å². The lowest BCUT2D eigenvalue weighted by Crippen LogP contribution is -2.14. The van der Waals surface area contributed by atoms with E-state index < -0.39 is 17.9 Å². The highest BCUT2D eigenvalue weighted by Crippen LogP contribution is 2.19. The molecule has 1 unspecified atom stereocenters. The molecule has 0 aliphatic carbocycles. The van der Waals surface area contributed by atoms with Crippen LogP contribution in [0.1, 0.15) is 34.0 Å². The summed E-state index contributed by atoms with van der Waals surface area (Å²) in [4.78, 5) is 21.8. The van der Waals surface area contributed by atoms with E-state index in [4.69, 9.17) is 10.2 Å². The molecule has 4 nitrogen and oxygen atoms in total. The van der Waals surface area contributed by atoms with E-state index in [-0.39, 0.29) is 5.56 Å². The summed E-state index contributed by atoms with van der Waals surface area (Å²) >= 11 is 0. The first kappa shape index (κ1) is 13.2. The van der Waals surface area contributed by atoms with Crippen LogP contribution in [0.3, 0.4) is 0 Å². The third kappa shape index (κ3) is 3.06. The Bertz CT molecular complexity index is 463. The molecular weight excluding hydrogens is 220 g/mol. The van der Waals surface area contributed by atoms with E-state index in [1.165, 1.54) is 0 Å². The zero-order valence-electron chi connectivity index (χ0n) is 10.2. The molecule has 0 saturated heterocycles. The van der Waals surface area contributed by atoms with Crippen molar-refractivity contribution in [2.75, 3.05) is 0 Å². The van der Waals surface area contributed by atoms with Gasteiger partial charge in [0.2, 0.25) is 0 Å². The van der Waals surface area contributed by atoms with Crippen molar-refractivity contribution in [2.24, 2.45) is 5.92 Å². The van der Waals surface area contributed by atoms with Gasteiger partial charge in [0, 0.05) is 0 Å². The molecule has 0 heterocycles. The second kappa shape index (κ2) is 4.99. The fourth-order valence-electron chi connectivity index (χ4n) is 1.76. The van der Waals surface area contributed by atoms with Gasteiger partial charge in [0.15, 0.2) is 0 Å². The van der Waals surface area contributed by atoms with Gasteiger partial charge in [0.05, 0.1) is 11.5 Å². The molecule has 4 heteroatoms. The Morgan fingerprint density at radius 2 is 1.76 bits per heavy atom. The summed E-state index contributed by atoms with van der Waals surface area (Å²) in [6.07, 6.45) is 0.349. The Hall–Kier alpha value is -1.84. The van der Waals surface area contributed by atoms with Crippen molar-refractivity contribution in [3.63, 3.8) is 0 Å². The van der Waals surface area contributed by atoms with Crippen molar-refractivity contribution in [3.05, 3.63) is 34.4 Å². The van der Waals surface area contributed by atoms with Gasteiger partial charge in [-0.05, 0) is 43.0 Å². The number of benzene rings is 1. The smallest absolute Gasteiger partial charge is 0.335 e. The van der Waals surface area contributed by atoms with Gasteiger partial charge in [-0.1, -0.05) is 13.0 Å². The maximum absolute atomic E-state index is 11.0. The van der Waals surface area contributed by atoms with Crippen molar-refractivity contribution >= 4 is 11.9 Å². The lowest BCUT2D eigenvalue weighted by atomic mass is 9.93. The van der Waals surface area contributed by atoms with Gasteiger partial charge in [0.1, 0.15) is 0 Å². The molecule has 0 fully saturated rings. The molecule has 0 aliphatic heterocycles. The average molecular weight is 236 g/mol. The minimum atomic E-state index is -0.980. The van der Waals surface area contributed by atoms with Gasteiger partial charge in [-0.2, -0.15) is 0 Å². The van der Waals surface area contributed by atoms with Gasteiger partial charge in [0.25, 0.3) is 0 Å². The highest BCUT2D eigenvalue weighted by atomic mass is 16.4. The first-order valence-electron chi connectivity index (χ1n) is 5.39. The number of aromatic carboxylic acids is 1.